The zero-order chi connectivity index (χ0) is 9.30. The summed E-state index contributed by atoms with van der Waals surface area (Å²) in [7, 11) is 1.60. The first-order chi connectivity index (χ1) is 5.57. The number of hydrogen-bond donors (Lipinski definition) is 3. The highest BCUT2D eigenvalue weighted by Gasteiger charge is 2.44. The second-order valence-electron chi connectivity index (χ2n) is 2.86. The van der Waals surface area contributed by atoms with Crippen LogP contribution < -0.4 is 5.32 Å². The van der Waals surface area contributed by atoms with Gasteiger partial charge in [-0.3, -0.25) is 4.79 Å². The summed E-state index contributed by atoms with van der Waals surface area (Å²) in [4.78, 5) is 10.9. The van der Waals surface area contributed by atoms with Crippen LogP contribution in [0.5, 0.6) is 0 Å². The number of carbonyl (C=O) groups excluding carboxylic acids is 1. The molecule has 4 atom stereocenters. The number of hydrogen-bond acceptors (Lipinski definition) is 5. The average Bonchev–Trinajstić information content (AvgIpc) is 2.29. The minimum Gasteiger partial charge on any atom is -0.386 e. The Hall–Kier alpha value is -0.490. The molecule has 0 aliphatic carbocycles. The first-order valence-electron chi connectivity index (χ1n) is 3.77. The molecule has 0 spiro atoms. The largest absolute Gasteiger partial charge is 0.386 e. The lowest BCUT2D eigenvalue weighted by Gasteiger charge is -2.16. The third kappa shape index (κ3) is 1.49. The molecular weight excluding hydrogens is 162 g/mol. The Labute approximate surface area is 70.3 Å². The number of Topliss-reactive ketones (excluding diaryl/α,β-unsaturated/α-hetero) is 1. The lowest BCUT2D eigenvalue weighted by molar-refractivity contribution is -0.147. The molecule has 70 valence electrons. The predicted molar refractivity (Wildman–Crippen MR) is 40.4 cm³/mol. The van der Waals surface area contributed by atoms with Crippen LogP contribution in [-0.4, -0.2) is 47.6 Å². The van der Waals surface area contributed by atoms with Crippen molar-refractivity contribution >= 4 is 5.78 Å². The Balaban J connectivity index is 2.71. The molecule has 0 bridgehead atoms. The maximum Gasteiger partial charge on any atom is 0.183 e. The van der Waals surface area contributed by atoms with E-state index in [9.17, 15) is 9.90 Å². The van der Waals surface area contributed by atoms with Crippen molar-refractivity contribution in [2.45, 2.75) is 31.5 Å². The van der Waals surface area contributed by atoms with Gasteiger partial charge < -0.3 is 20.3 Å². The number of aliphatic hydroxyl groups excluding tert-OH is 2. The molecule has 1 heterocycles. The molecule has 1 saturated heterocycles. The zero-order valence-electron chi connectivity index (χ0n) is 7.02. The molecule has 12 heavy (non-hydrogen) atoms. The van der Waals surface area contributed by atoms with E-state index in [4.69, 9.17) is 9.84 Å². The lowest BCUT2D eigenvalue weighted by atomic mass is 10.1. The number of likely N-dealkylation sites (N-methyl/N-ethyl adjacent to an activating group) is 1. The summed E-state index contributed by atoms with van der Waals surface area (Å²) >= 11 is 0. The van der Waals surface area contributed by atoms with E-state index < -0.39 is 24.5 Å². The fourth-order valence-electron chi connectivity index (χ4n) is 1.34. The number of rotatable bonds is 2. The summed E-state index contributed by atoms with van der Waals surface area (Å²) in [6, 6.07) is -0.516. The number of nitrogens with one attached hydrogen (secondary N) is 1. The number of carbonyl (C=O) groups is 1. The smallest absolute Gasteiger partial charge is 0.183 e. The zero-order valence-corrected chi connectivity index (χ0v) is 7.02. The van der Waals surface area contributed by atoms with E-state index in [-0.39, 0.29) is 5.78 Å². The van der Waals surface area contributed by atoms with Crippen molar-refractivity contribution in [2.24, 2.45) is 0 Å². The van der Waals surface area contributed by atoms with Crippen LogP contribution >= 0.6 is 0 Å². The van der Waals surface area contributed by atoms with Crippen molar-refractivity contribution in [3.8, 4) is 0 Å². The Morgan fingerprint density at radius 3 is 2.42 bits per heavy atom. The summed E-state index contributed by atoms with van der Waals surface area (Å²) in [6.45, 7) is 1.36. The molecular formula is C7H13NO4. The maximum absolute atomic E-state index is 10.9. The molecule has 0 aromatic rings. The molecule has 1 aliphatic rings. The standard InChI is InChI=1S/C7H13NO4/c1-3(9)6-4(8-2)5(10)7(11)12-6/h4-8,10-11H,1-2H3/t4-,5+,6?,7-/m0/s1. The van der Waals surface area contributed by atoms with Gasteiger partial charge in [-0.2, -0.15) is 0 Å². The topological polar surface area (TPSA) is 78.8 Å². The summed E-state index contributed by atoms with van der Waals surface area (Å²) in [5.74, 6) is -0.204. The molecule has 0 radical (unpaired) electrons. The quantitative estimate of drug-likeness (QED) is 0.463. The van der Waals surface area contributed by atoms with Crippen LogP contribution in [0.2, 0.25) is 0 Å². The van der Waals surface area contributed by atoms with Gasteiger partial charge in [0, 0.05) is 0 Å². The third-order valence-electron chi connectivity index (χ3n) is 2.01. The van der Waals surface area contributed by atoms with Crippen molar-refractivity contribution in [3.63, 3.8) is 0 Å². The van der Waals surface area contributed by atoms with Gasteiger partial charge in [0.2, 0.25) is 0 Å². The Morgan fingerprint density at radius 1 is 1.50 bits per heavy atom. The molecule has 1 unspecified atom stereocenters. The molecule has 1 rings (SSSR count). The van der Waals surface area contributed by atoms with E-state index in [2.05, 4.69) is 5.32 Å². The van der Waals surface area contributed by atoms with Gasteiger partial charge in [-0.05, 0) is 14.0 Å². The molecule has 1 aliphatic heterocycles. The highest BCUT2D eigenvalue weighted by Crippen LogP contribution is 2.19. The van der Waals surface area contributed by atoms with Crippen LogP contribution in [0.4, 0.5) is 0 Å². The monoisotopic (exact) mass is 175 g/mol. The van der Waals surface area contributed by atoms with Crippen molar-refractivity contribution < 1.29 is 19.7 Å². The van der Waals surface area contributed by atoms with Crippen LogP contribution in [0.3, 0.4) is 0 Å². The van der Waals surface area contributed by atoms with Gasteiger partial charge in [-0.1, -0.05) is 0 Å². The molecule has 5 nitrogen and oxygen atoms in total. The van der Waals surface area contributed by atoms with Crippen LogP contribution in [0.25, 0.3) is 0 Å². The Morgan fingerprint density at radius 2 is 2.08 bits per heavy atom. The average molecular weight is 175 g/mol. The Bertz CT molecular complexity index is 184. The van der Waals surface area contributed by atoms with Crippen LogP contribution in [0, 0.1) is 0 Å². The summed E-state index contributed by atoms with van der Waals surface area (Å²) in [5, 5.41) is 21.1. The lowest BCUT2D eigenvalue weighted by Crippen LogP contribution is -2.45. The van der Waals surface area contributed by atoms with E-state index in [0.29, 0.717) is 0 Å². The van der Waals surface area contributed by atoms with Crippen LogP contribution in [0.1, 0.15) is 6.92 Å². The van der Waals surface area contributed by atoms with Gasteiger partial charge in [0.15, 0.2) is 12.1 Å². The molecule has 0 aromatic carbocycles. The van der Waals surface area contributed by atoms with Gasteiger partial charge in [0.25, 0.3) is 0 Å². The summed E-state index contributed by atoms with van der Waals surface area (Å²) in [5.41, 5.74) is 0. The highest BCUT2D eigenvalue weighted by atomic mass is 16.6. The number of aliphatic hydroxyl groups is 2. The van der Waals surface area contributed by atoms with E-state index in [1.165, 1.54) is 6.92 Å². The number of ether oxygens (including phenoxy) is 1. The normalized spacial score (nSPS) is 41.7. The fourth-order valence-corrected chi connectivity index (χ4v) is 1.34. The SMILES string of the molecule is CN[C@@H]1C(C(C)=O)O[C@H](O)[C@@H]1O. The highest BCUT2D eigenvalue weighted by molar-refractivity contribution is 5.81. The molecule has 0 amide bonds. The van der Waals surface area contributed by atoms with Gasteiger partial charge in [-0.25, -0.2) is 0 Å². The van der Waals surface area contributed by atoms with Crippen molar-refractivity contribution in [2.75, 3.05) is 7.05 Å². The van der Waals surface area contributed by atoms with Gasteiger partial charge in [-0.15, -0.1) is 0 Å². The Kier molecular flexibility index (Phi) is 2.79. The maximum atomic E-state index is 10.9. The first-order valence-corrected chi connectivity index (χ1v) is 3.77. The van der Waals surface area contributed by atoms with Gasteiger partial charge in [0.1, 0.15) is 12.2 Å². The van der Waals surface area contributed by atoms with E-state index >= 15 is 0 Å². The second kappa shape index (κ2) is 3.49. The molecule has 0 saturated carbocycles. The van der Waals surface area contributed by atoms with Crippen LogP contribution in [-0.2, 0) is 9.53 Å². The molecule has 0 aromatic heterocycles. The van der Waals surface area contributed by atoms with E-state index in [0.717, 1.165) is 0 Å². The molecule has 1 fully saturated rings. The van der Waals surface area contributed by atoms with Crippen molar-refractivity contribution in [1.82, 2.24) is 5.32 Å². The van der Waals surface area contributed by atoms with Gasteiger partial charge >= 0.3 is 0 Å². The summed E-state index contributed by atoms with van der Waals surface area (Å²) < 4.78 is 4.83. The van der Waals surface area contributed by atoms with Crippen molar-refractivity contribution in [3.05, 3.63) is 0 Å². The minimum atomic E-state index is -1.27. The van der Waals surface area contributed by atoms with E-state index in [1.807, 2.05) is 0 Å². The third-order valence-corrected chi connectivity index (χ3v) is 2.01. The van der Waals surface area contributed by atoms with Crippen LogP contribution in [0.15, 0.2) is 0 Å². The molecule has 3 N–H and O–H groups in total. The van der Waals surface area contributed by atoms with Gasteiger partial charge in [0.05, 0.1) is 6.04 Å². The fraction of sp³-hybridized carbons (Fsp3) is 0.857. The minimum absolute atomic E-state index is 0.204. The van der Waals surface area contributed by atoms with Crippen molar-refractivity contribution in [1.29, 1.82) is 0 Å². The first kappa shape index (κ1) is 9.60. The van der Waals surface area contributed by atoms with E-state index in [1.54, 1.807) is 7.05 Å². The second-order valence-corrected chi connectivity index (χ2v) is 2.86. The molecule has 5 heteroatoms. The predicted octanol–water partition coefficient (Wildman–Crippen LogP) is -1.76. The number of ketones is 1. The summed E-state index contributed by atoms with van der Waals surface area (Å²) in [6.07, 6.45) is -3.06.